The van der Waals surface area contributed by atoms with Gasteiger partial charge in [-0.2, -0.15) is 0 Å². The van der Waals surface area contributed by atoms with Crippen LogP contribution in [0.4, 0.5) is 0 Å². The molecule has 2 rings (SSSR count). The Morgan fingerprint density at radius 2 is 2.00 bits per heavy atom. The SMILES string of the molecule is COc1cc(C=O)cc(C2(C(C)N)CC2)c1OC. The first-order chi connectivity index (χ1) is 8.58. The highest BCUT2D eigenvalue weighted by atomic mass is 16.5. The van der Waals surface area contributed by atoms with Gasteiger partial charge in [-0.25, -0.2) is 0 Å². The van der Waals surface area contributed by atoms with E-state index >= 15 is 0 Å². The van der Waals surface area contributed by atoms with Crippen molar-refractivity contribution in [3.05, 3.63) is 23.3 Å². The molecule has 0 bridgehead atoms. The lowest BCUT2D eigenvalue weighted by Gasteiger charge is -2.24. The quantitative estimate of drug-likeness (QED) is 0.809. The van der Waals surface area contributed by atoms with Crippen LogP contribution in [0.3, 0.4) is 0 Å². The van der Waals surface area contributed by atoms with E-state index in [-0.39, 0.29) is 11.5 Å². The molecule has 0 radical (unpaired) electrons. The number of benzene rings is 1. The molecule has 98 valence electrons. The molecule has 0 spiro atoms. The minimum atomic E-state index is -0.0718. The molecule has 0 amide bonds. The lowest BCUT2D eigenvalue weighted by molar-refractivity contribution is 0.112. The molecule has 1 aliphatic carbocycles. The lowest BCUT2D eigenvalue weighted by atomic mass is 9.87. The van der Waals surface area contributed by atoms with Gasteiger partial charge in [0.25, 0.3) is 0 Å². The van der Waals surface area contributed by atoms with Gasteiger partial charge in [0, 0.05) is 22.6 Å². The molecule has 0 aliphatic heterocycles. The summed E-state index contributed by atoms with van der Waals surface area (Å²) in [6.45, 7) is 1.99. The Balaban J connectivity index is 2.61. The van der Waals surface area contributed by atoms with Gasteiger partial charge in [-0.15, -0.1) is 0 Å². The number of nitrogens with two attached hydrogens (primary N) is 1. The van der Waals surface area contributed by atoms with Crippen LogP contribution in [0.5, 0.6) is 11.5 Å². The summed E-state index contributed by atoms with van der Waals surface area (Å²) in [6, 6.07) is 3.58. The van der Waals surface area contributed by atoms with E-state index in [0.29, 0.717) is 17.1 Å². The van der Waals surface area contributed by atoms with E-state index in [4.69, 9.17) is 15.2 Å². The number of hydrogen-bond acceptors (Lipinski definition) is 4. The maximum atomic E-state index is 11.0. The molecule has 1 aromatic carbocycles. The van der Waals surface area contributed by atoms with E-state index in [2.05, 4.69) is 0 Å². The molecule has 0 saturated heterocycles. The van der Waals surface area contributed by atoms with Gasteiger partial charge in [-0.3, -0.25) is 4.79 Å². The zero-order valence-corrected chi connectivity index (χ0v) is 11.0. The highest BCUT2D eigenvalue weighted by molar-refractivity contribution is 5.78. The zero-order valence-electron chi connectivity index (χ0n) is 11.0. The second kappa shape index (κ2) is 4.61. The van der Waals surface area contributed by atoms with E-state index in [9.17, 15) is 4.79 Å². The summed E-state index contributed by atoms with van der Waals surface area (Å²) < 4.78 is 10.7. The minimum absolute atomic E-state index is 0.0259. The summed E-state index contributed by atoms with van der Waals surface area (Å²) >= 11 is 0. The van der Waals surface area contributed by atoms with Gasteiger partial charge in [0.1, 0.15) is 6.29 Å². The smallest absolute Gasteiger partial charge is 0.164 e. The maximum absolute atomic E-state index is 11.0. The van der Waals surface area contributed by atoms with Crippen molar-refractivity contribution in [2.45, 2.75) is 31.2 Å². The Kier molecular flexibility index (Phi) is 3.30. The van der Waals surface area contributed by atoms with E-state index in [1.807, 2.05) is 13.0 Å². The molecule has 1 fully saturated rings. The number of ether oxygens (including phenoxy) is 2. The van der Waals surface area contributed by atoms with Gasteiger partial charge in [0.15, 0.2) is 11.5 Å². The summed E-state index contributed by atoms with van der Waals surface area (Å²) in [5.41, 5.74) is 7.59. The van der Waals surface area contributed by atoms with Crippen LogP contribution in [-0.4, -0.2) is 26.5 Å². The first-order valence-electron chi connectivity index (χ1n) is 6.06. The third-order valence-corrected chi connectivity index (χ3v) is 3.83. The van der Waals surface area contributed by atoms with Gasteiger partial charge in [0.05, 0.1) is 14.2 Å². The van der Waals surface area contributed by atoms with Crippen molar-refractivity contribution in [3.63, 3.8) is 0 Å². The van der Waals surface area contributed by atoms with Crippen molar-refractivity contribution in [1.82, 2.24) is 0 Å². The van der Waals surface area contributed by atoms with Crippen molar-refractivity contribution in [3.8, 4) is 11.5 Å². The first-order valence-corrected chi connectivity index (χ1v) is 6.06. The summed E-state index contributed by atoms with van der Waals surface area (Å²) in [6.07, 6.45) is 2.86. The summed E-state index contributed by atoms with van der Waals surface area (Å²) in [4.78, 5) is 11.0. The largest absolute Gasteiger partial charge is 0.493 e. The highest BCUT2D eigenvalue weighted by Crippen LogP contribution is 2.55. The predicted molar refractivity (Wildman–Crippen MR) is 69.5 cm³/mol. The van der Waals surface area contributed by atoms with Gasteiger partial charge >= 0.3 is 0 Å². The van der Waals surface area contributed by atoms with Gasteiger partial charge in [-0.1, -0.05) is 0 Å². The van der Waals surface area contributed by atoms with E-state index in [1.54, 1.807) is 20.3 Å². The van der Waals surface area contributed by atoms with Crippen molar-refractivity contribution in [2.75, 3.05) is 14.2 Å². The zero-order chi connectivity index (χ0) is 13.3. The number of carbonyl (C=O) groups excluding carboxylic acids is 1. The van der Waals surface area contributed by atoms with Crippen LogP contribution in [0.2, 0.25) is 0 Å². The molecular weight excluding hydrogens is 230 g/mol. The topological polar surface area (TPSA) is 61.5 Å². The molecule has 1 unspecified atom stereocenters. The second-order valence-electron chi connectivity index (χ2n) is 4.87. The monoisotopic (exact) mass is 249 g/mol. The molecule has 4 nitrogen and oxygen atoms in total. The molecule has 0 heterocycles. The van der Waals surface area contributed by atoms with Crippen LogP contribution in [-0.2, 0) is 5.41 Å². The summed E-state index contributed by atoms with van der Waals surface area (Å²) in [5, 5.41) is 0. The molecule has 1 aliphatic rings. The third-order valence-electron chi connectivity index (χ3n) is 3.83. The molecular formula is C14H19NO3. The fourth-order valence-electron chi connectivity index (χ4n) is 2.53. The van der Waals surface area contributed by atoms with Crippen LogP contribution in [0.1, 0.15) is 35.7 Å². The third kappa shape index (κ3) is 1.86. The van der Waals surface area contributed by atoms with Crippen molar-refractivity contribution in [1.29, 1.82) is 0 Å². The summed E-state index contributed by atoms with van der Waals surface area (Å²) in [5.74, 6) is 1.28. The molecule has 1 aromatic rings. The normalized spacial score (nSPS) is 18.0. The van der Waals surface area contributed by atoms with Gasteiger partial charge in [0.2, 0.25) is 0 Å². The maximum Gasteiger partial charge on any atom is 0.164 e. The summed E-state index contributed by atoms with van der Waals surface area (Å²) in [7, 11) is 3.18. The Morgan fingerprint density at radius 1 is 1.33 bits per heavy atom. The molecule has 0 aromatic heterocycles. The lowest BCUT2D eigenvalue weighted by Crippen LogP contribution is -2.32. The number of hydrogen-bond donors (Lipinski definition) is 1. The number of aldehydes is 1. The van der Waals surface area contributed by atoms with E-state index in [1.165, 1.54) is 0 Å². The van der Waals surface area contributed by atoms with Crippen LogP contribution in [0, 0.1) is 0 Å². The van der Waals surface area contributed by atoms with Crippen molar-refractivity contribution < 1.29 is 14.3 Å². The minimum Gasteiger partial charge on any atom is -0.493 e. The van der Waals surface area contributed by atoms with E-state index in [0.717, 1.165) is 24.7 Å². The first kappa shape index (κ1) is 12.9. The average Bonchev–Trinajstić information content (AvgIpc) is 3.18. The van der Waals surface area contributed by atoms with Crippen molar-refractivity contribution >= 4 is 6.29 Å². The van der Waals surface area contributed by atoms with E-state index < -0.39 is 0 Å². The predicted octanol–water partition coefficient (Wildman–Crippen LogP) is 1.90. The molecule has 1 atom stereocenters. The fraction of sp³-hybridized carbons (Fsp3) is 0.500. The average molecular weight is 249 g/mol. The van der Waals surface area contributed by atoms with Gasteiger partial charge < -0.3 is 15.2 Å². The fourth-order valence-corrected chi connectivity index (χ4v) is 2.53. The molecule has 2 N–H and O–H groups in total. The Hall–Kier alpha value is -1.55. The van der Waals surface area contributed by atoms with Crippen LogP contribution < -0.4 is 15.2 Å². The van der Waals surface area contributed by atoms with Gasteiger partial charge in [-0.05, 0) is 31.9 Å². The Labute approximate surface area is 107 Å². The van der Waals surface area contributed by atoms with Crippen LogP contribution in [0.25, 0.3) is 0 Å². The molecule has 4 heteroatoms. The Morgan fingerprint density at radius 3 is 2.39 bits per heavy atom. The Bertz CT molecular complexity index is 464. The standard InChI is InChI=1S/C14H19NO3/c1-9(15)14(4-5-14)11-6-10(8-16)7-12(17-2)13(11)18-3/h6-9H,4-5,15H2,1-3H3. The number of rotatable bonds is 5. The second-order valence-corrected chi connectivity index (χ2v) is 4.87. The van der Waals surface area contributed by atoms with Crippen LogP contribution in [0.15, 0.2) is 12.1 Å². The van der Waals surface area contributed by atoms with Crippen LogP contribution >= 0.6 is 0 Å². The van der Waals surface area contributed by atoms with Crippen molar-refractivity contribution in [2.24, 2.45) is 5.73 Å². The number of carbonyl (C=O) groups is 1. The molecule has 18 heavy (non-hydrogen) atoms. The number of methoxy groups -OCH3 is 2. The highest BCUT2D eigenvalue weighted by Gasteiger charge is 2.49. The molecule has 1 saturated carbocycles.